The van der Waals surface area contributed by atoms with Gasteiger partial charge >= 0.3 is 0 Å². The lowest BCUT2D eigenvalue weighted by atomic mass is 10.3. The van der Waals surface area contributed by atoms with Crippen molar-refractivity contribution in [2.75, 3.05) is 23.8 Å². The summed E-state index contributed by atoms with van der Waals surface area (Å²) < 4.78 is 39.6. The second-order valence-corrected chi connectivity index (χ2v) is 8.91. The summed E-state index contributed by atoms with van der Waals surface area (Å²) in [6.07, 6.45) is 1.12. The van der Waals surface area contributed by atoms with Crippen molar-refractivity contribution in [2.24, 2.45) is 0 Å². The molecule has 1 aliphatic rings. The van der Waals surface area contributed by atoms with Crippen LogP contribution in [0.3, 0.4) is 0 Å². The Bertz CT molecular complexity index is 327. The average Bonchev–Trinajstić information content (AvgIpc) is 2.45. The predicted octanol–water partition coefficient (Wildman–Crippen LogP) is 1.51. The van der Waals surface area contributed by atoms with Gasteiger partial charge in [-0.15, -0.1) is 0 Å². The fourth-order valence-corrected chi connectivity index (χ4v) is 4.65. The van der Waals surface area contributed by atoms with Crippen LogP contribution in [0.2, 0.25) is 0 Å². The molecule has 0 aromatic heterocycles. The molecule has 0 saturated carbocycles. The Morgan fingerprint density at radius 3 is 2.29 bits per heavy atom. The molecular formula is C8H17O4PS. The quantitative estimate of drug-likeness (QED) is 0.699. The molecule has 1 atom stereocenters. The Kier molecular flexibility index (Phi) is 3.78. The van der Waals surface area contributed by atoms with E-state index in [0.717, 1.165) is 0 Å². The zero-order valence-electron chi connectivity index (χ0n) is 8.60. The summed E-state index contributed by atoms with van der Waals surface area (Å²) in [5.41, 5.74) is 0. The highest BCUT2D eigenvalue weighted by molar-refractivity contribution is 7.91. The zero-order chi connectivity index (χ0) is 10.8. The number of rotatable bonds is 4. The van der Waals surface area contributed by atoms with Crippen LogP contribution in [0.4, 0.5) is 0 Å². The lowest BCUT2D eigenvalue weighted by molar-refractivity contribution is 0.231. The largest absolute Gasteiger partial charge is 0.324 e. The van der Waals surface area contributed by atoms with E-state index in [4.69, 9.17) is 4.52 Å². The van der Waals surface area contributed by atoms with Gasteiger partial charge in [0.15, 0.2) is 9.84 Å². The first-order valence-corrected chi connectivity index (χ1v) is 8.69. The second-order valence-electron chi connectivity index (χ2n) is 3.58. The van der Waals surface area contributed by atoms with Crippen LogP contribution in [0.15, 0.2) is 0 Å². The zero-order valence-corrected chi connectivity index (χ0v) is 10.3. The van der Waals surface area contributed by atoms with E-state index in [1.165, 1.54) is 0 Å². The lowest BCUT2D eigenvalue weighted by Gasteiger charge is -2.18. The minimum Gasteiger partial charge on any atom is -0.324 e. The van der Waals surface area contributed by atoms with Gasteiger partial charge in [0.25, 0.3) is 0 Å². The van der Waals surface area contributed by atoms with E-state index in [9.17, 15) is 13.0 Å². The molecule has 4 nitrogen and oxygen atoms in total. The molecule has 0 amide bonds. The molecule has 1 unspecified atom stereocenters. The highest BCUT2D eigenvalue weighted by Crippen LogP contribution is 2.48. The summed E-state index contributed by atoms with van der Waals surface area (Å²) in [4.78, 5) is 0. The Labute approximate surface area is 85.4 Å². The fourth-order valence-electron chi connectivity index (χ4n) is 1.49. The standard InChI is InChI=1S/C8H17O4PS/c1-3-13(9,4-2)12-8-5-6-14(10,11)7-8/h8H,3-7H2,1-2H3. The highest BCUT2D eigenvalue weighted by atomic mass is 32.2. The smallest absolute Gasteiger partial charge is 0.202 e. The molecule has 0 bridgehead atoms. The molecule has 1 fully saturated rings. The molecular weight excluding hydrogens is 223 g/mol. The maximum Gasteiger partial charge on any atom is 0.202 e. The van der Waals surface area contributed by atoms with E-state index in [1.807, 2.05) is 13.8 Å². The van der Waals surface area contributed by atoms with Crippen molar-refractivity contribution in [1.82, 2.24) is 0 Å². The van der Waals surface area contributed by atoms with Crippen LogP contribution in [0.25, 0.3) is 0 Å². The van der Waals surface area contributed by atoms with Crippen LogP contribution >= 0.6 is 7.37 Å². The third kappa shape index (κ3) is 3.07. The Morgan fingerprint density at radius 2 is 1.93 bits per heavy atom. The Balaban J connectivity index is 2.59. The molecule has 0 spiro atoms. The van der Waals surface area contributed by atoms with Gasteiger partial charge in [0.05, 0.1) is 17.6 Å². The van der Waals surface area contributed by atoms with Gasteiger partial charge in [0.1, 0.15) is 0 Å². The van der Waals surface area contributed by atoms with Crippen molar-refractivity contribution in [2.45, 2.75) is 26.4 Å². The molecule has 0 aromatic carbocycles. The van der Waals surface area contributed by atoms with E-state index in [0.29, 0.717) is 18.7 Å². The first-order chi connectivity index (χ1) is 6.41. The molecule has 1 rings (SSSR count). The summed E-state index contributed by atoms with van der Waals surface area (Å²) >= 11 is 0. The van der Waals surface area contributed by atoms with Crippen LogP contribution in [-0.4, -0.2) is 38.4 Å². The third-order valence-electron chi connectivity index (χ3n) is 2.50. The van der Waals surface area contributed by atoms with Crippen molar-refractivity contribution < 1.29 is 17.5 Å². The van der Waals surface area contributed by atoms with Gasteiger partial charge in [-0.3, -0.25) is 4.57 Å². The number of sulfone groups is 1. The molecule has 6 heteroatoms. The molecule has 1 aliphatic heterocycles. The Morgan fingerprint density at radius 1 is 1.36 bits per heavy atom. The molecule has 1 heterocycles. The second kappa shape index (κ2) is 4.33. The van der Waals surface area contributed by atoms with Crippen molar-refractivity contribution in [1.29, 1.82) is 0 Å². The minimum absolute atomic E-state index is 0.0387. The monoisotopic (exact) mass is 240 g/mol. The van der Waals surface area contributed by atoms with Gasteiger partial charge < -0.3 is 4.52 Å². The first-order valence-electron chi connectivity index (χ1n) is 4.87. The normalized spacial score (nSPS) is 26.6. The van der Waals surface area contributed by atoms with Gasteiger partial charge in [-0.2, -0.15) is 0 Å². The van der Waals surface area contributed by atoms with Gasteiger partial charge in [0, 0.05) is 12.3 Å². The predicted molar refractivity (Wildman–Crippen MR) is 56.8 cm³/mol. The molecule has 0 N–H and O–H groups in total. The molecule has 84 valence electrons. The number of hydrogen-bond acceptors (Lipinski definition) is 4. The van der Waals surface area contributed by atoms with Crippen LogP contribution < -0.4 is 0 Å². The van der Waals surface area contributed by atoms with Crippen molar-refractivity contribution in [3.63, 3.8) is 0 Å². The van der Waals surface area contributed by atoms with Crippen molar-refractivity contribution in [3.05, 3.63) is 0 Å². The van der Waals surface area contributed by atoms with Crippen LogP contribution in [0.5, 0.6) is 0 Å². The highest BCUT2D eigenvalue weighted by Gasteiger charge is 2.33. The van der Waals surface area contributed by atoms with E-state index in [1.54, 1.807) is 0 Å². The van der Waals surface area contributed by atoms with Crippen LogP contribution in [-0.2, 0) is 18.9 Å². The topological polar surface area (TPSA) is 60.4 Å². The number of hydrogen-bond donors (Lipinski definition) is 0. The van der Waals surface area contributed by atoms with Gasteiger partial charge in [0.2, 0.25) is 7.37 Å². The Hall–Kier alpha value is 0.140. The summed E-state index contributed by atoms with van der Waals surface area (Å²) in [6.45, 7) is 3.63. The van der Waals surface area contributed by atoms with Crippen molar-refractivity contribution >= 4 is 17.2 Å². The molecule has 0 aromatic rings. The summed E-state index contributed by atoms with van der Waals surface area (Å²) in [5, 5.41) is 0. The fraction of sp³-hybridized carbons (Fsp3) is 1.00. The maximum atomic E-state index is 11.9. The maximum absolute atomic E-state index is 11.9. The first kappa shape index (κ1) is 12.2. The van der Waals surface area contributed by atoms with Gasteiger partial charge in [-0.1, -0.05) is 13.8 Å². The van der Waals surface area contributed by atoms with Crippen LogP contribution in [0, 0.1) is 0 Å². The van der Waals surface area contributed by atoms with Gasteiger partial charge in [-0.05, 0) is 6.42 Å². The average molecular weight is 240 g/mol. The molecule has 1 saturated heterocycles. The van der Waals surface area contributed by atoms with Crippen molar-refractivity contribution in [3.8, 4) is 0 Å². The molecule has 14 heavy (non-hydrogen) atoms. The summed E-state index contributed by atoms with van der Waals surface area (Å²) in [7, 11) is -5.48. The minimum atomic E-state index is -2.93. The van der Waals surface area contributed by atoms with E-state index < -0.39 is 17.2 Å². The molecule has 0 radical (unpaired) electrons. The molecule has 0 aliphatic carbocycles. The van der Waals surface area contributed by atoms with E-state index in [2.05, 4.69) is 0 Å². The summed E-state index contributed by atoms with van der Waals surface area (Å²) in [5.74, 6) is 0.210. The SMILES string of the molecule is CCP(=O)(CC)OC1CCS(=O)(=O)C1. The van der Waals surface area contributed by atoms with E-state index in [-0.39, 0.29) is 17.6 Å². The van der Waals surface area contributed by atoms with Crippen LogP contribution in [0.1, 0.15) is 20.3 Å². The lowest BCUT2D eigenvalue weighted by Crippen LogP contribution is -2.14. The van der Waals surface area contributed by atoms with Gasteiger partial charge in [-0.25, -0.2) is 8.42 Å². The third-order valence-corrected chi connectivity index (χ3v) is 6.84. The summed E-state index contributed by atoms with van der Waals surface area (Å²) in [6, 6.07) is 0. The van der Waals surface area contributed by atoms with E-state index >= 15 is 0 Å².